The molecule has 0 spiro atoms. The van der Waals surface area contributed by atoms with E-state index in [4.69, 9.17) is 4.74 Å². The van der Waals surface area contributed by atoms with Crippen LogP contribution in [0.25, 0.3) is 0 Å². The molecule has 1 aromatic heterocycles. The first-order valence-electron chi connectivity index (χ1n) is 6.09. The van der Waals surface area contributed by atoms with Crippen LogP contribution in [0.15, 0.2) is 34.8 Å². The first kappa shape index (κ1) is 13.8. The molecule has 1 heterocycles. The third-order valence-corrected chi connectivity index (χ3v) is 3.20. The monoisotopic (exact) mass is 321 g/mol. The van der Waals surface area contributed by atoms with Crippen molar-refractivity contribution in [2.24, 2.45) is 0 Å². The maximum absolute atomic E-state index is 5.80. The van der Waals surface area contributed by atoms with Crippen LogP contribution in [0.4, 0.5) is 5.82 Å². The highest BCUT2D eigenvalue weighted by atomic mass is 79.9. The SMILES string of the molecule is CNc1cc(Oc2ccccc2Br)nc(C(C)C)n1. The molecule has 0 amide bonds. The number of nitrogens with one attached hydrogen (secondary N) is 1. The molecular weight excluding hydrogens is 306 g/mol. The van der Waals surface area contributed by atoms with Crippen molar-refractivity contribution in [2.75, 3.05) is 12.4 Å². The molecule has 0 aliphatic rings. The summed E-state index contributed by atoms with van der Waals surface area (Å²) in [5, 5.41) is 3.02. The summed E-state index contributed by atoms with van der Waals surface area (Å²) >= 11 is 3.45. The number of hydrogen-bond donors (Lipinski definition) is 1. The molecule has 0 saturated heterocycles. The van der Waals surface area contributed by atoms with Crippen molar-refractivity contribution in [2.45, 2.75) is 19.8 Å². The van der Waals surface area contributed by atoms with Crippen molar-refractivity contribution < 1.29 is 4.74 Å². The lowest BCUT2D eigenvalue weighted by Gasteiger charge is -2.11. The van der Waals surface area contributed by atoms with Gasteiger partial charge in [0, 0.05) is 19.0 Å². The average Bonchev–Trinajstić information content (AvgIpc) is 2.41. The highest BCUT2D eigenvalue weighted by Crippen LogP contribution is 2.29. The summed E-state index contributed by atoms with van der Waals surface area (Å²) in [5.74, 6) is 3.03. The molecule has 0 saturated carbocycles. The van der Waals surface area contributed by atoms with Gasteiger partial charge in [0.05, 0.1) is 4.47 Å². The van der Waals surface area contributed by atoms with Crippen molar-refractivity contribution in [3.63, 3.8) is 0 Å². The third-order valence-electron chi connectivity index (χ3n) is 2.54. The maximum Gasteiger partial charge on any atom is 0.224 e. The number of benzene rings is 1. The van der Waals surface area contributed by atoms with Crippen LogP contribution in [-0.4, -0.2) is 17.0 Å². The lowest BCUT2D eigenvalue weighted by Crippen LogP contribution is -2.03. The van der Waals surface area contributed by atoms with E-state index in [9.17, 15) is 0 Å². The molecule has 0 aliphatic carbocycles. The fourth-order valence-electron chi connectivity index (χ4n) is 1.52. The van der Waals surface area contributed by atoms with Crippen LogP contribution in [0.1, 0.15) is 25.6 Å². The van der Waals surface area contributed by atoms with Crippen LogP contribution in [0.2, 0.25) is 0 Å². The Morgan fingerprint density at radius 2 is 1.95 bits per heavy atom. The summed E-state index contributed by atoms with van der Waals surface area (Å²) in [6.45, 7) is 4.11. The van der Waals surface area contributed by atoms with E-state index in [2.05, 4.69) is 45.1 Å². The number of halogens is 1. The Kier molecular flexibility index (Phi) is 4.37. The lowest BCUT2D eigenvalue weighted by atomic mass is 10.2. The maximum atomic E-state index is 5.80. The van der Waals surface area contributed by atoms with Crippen LogP contribution in [0.5, 0.6) is 11.6 Å². The second-order valence-electron chi connectivity index (χ2n) is 4.39. The zero-order chi connectivity index (χ0) is 13.8. The quantitative estimate of drug-likeness (QED) is 0.916. The Labute approximate surface area is 121 Å². The summed E-state index contributed by atoms with van der Waals surface area (Å²) in [6.07, 6.45) is 0. The standard InChI is InChI=1S/C14H16BrN3O/c1-9(2)14-17-12(16-3)8-13(18-14)19-11-7-5-4-6-10(11)15/h4-9H,1-3H3,(H,16,17,18). The van der Waals surface area contributed by atoms with Gasteiger partial charge in [-0.25, -0.2) is 4.98 Å². The minimum atomic E-state index is 0.245. The zero-order valence-electron chi connectivity index (χ0n) is 11.1. The minimum absolute atomic E-state index is 0.245. The second-order valence-corrected chi connectivity index (χ2v) is 5.24. The molecule has 4 nitrogen and oxygen atoms in total. The molecule has 0 fully saturated rings. The van der Waals surface area contributed by atoms with Gasteiger partial charge >= 0.3 is 0 Å². The van der Waals surface area contributed by atoms with Gasteiger partial charge in [-0.2, -0.15) is 4.98 Å². The summed E-state index contributed by atoms with van der Waals surface area (Å²) in [6, 6.07) is 9.46. The van der Waals surface area contributed by atoms with Gasteiger partial charge in [0.25, 0.3) is 0 Å². The number of para-hydroxylation sites is 1. The molecule has 5 heteroatoms. The molecule has 0 aliphatic heterocycles. The molecule has 1 aromatic carbocycles. The van der Waals surface area contributed by atoms with Crippen molar-refractivity contribution in [1.29, 1.82) is 0 Å². The zero-order valence-corrected chi connectivity index (χ0v) is 12.7. The third kappa shape index (κ3) is 3.44. The van der Waals surface area contributed by atoms with Crippen molar-refractivity contribution in [1.82, 2.24) is 9.97 Å². The van der Waals surface area contributed by atoms with Gasteiger partial charge in [-0.3, -0.25) is 0 Å². The normalized spacial score (nSPS) is 10.6. The summed E-state index contributed by atoms with van der Waals surface area (Å²) in [7, 11) is 1.83. The predicted molar refractivity (Wildman–Crippen MR) is 79.9 cm³/mol. The Bertz CT molecular complexity index is 572. The van der Waals surface area contributed by atoms with Crippen LogP contribution >= 0.6 is 15.9 Å². The molecule has 2 aromatic rings. The van der Waals surface area contributed by atoms with E-state index in [0.717, 1.165) is 21.9 Å². The Morgan fingerprint density at radius 1 is 1.21 bits per heavy atom. The Morgan fingerprint density at radius 3 is 2.58 bits per heavy atom. The first-order valence-corrected chi connectivity index (χ1v) is 6.88. The van der Waals surface area contributed by atoms with E-state index in [1.54, 1.807) is 6.07 Å². The fourth-order valence-corrected chi connectivity index (χ4v) is 1.89. The highest BCUT2D eigenvalue weighted by Gasteiger charge is 2.10. The Hall–Kier alpha value is -1.62. The van der Waals surface area contributed by atoms with Gasteiger partial charge in [-0.1, -0.05) is 26.0 Å². The van der Waals surface area contributed by atoms with E-state index in [1.165, 1.54) is 0 Å². The topological polar surface area (TPSA) is 47.0 Å². The molecular formula is C14H16BrN3O. The van der Waals surface area contributed by atoms with Crippen molar-refractivity contribution in [3.05, 3.63) is 40.6 Å². The van der Waals surface area contributed by atoms with Gasteiger partial charge in [-0.15, -0.1) is 0 Å². The van der Waals surface area contributed by atoms with Gasteiger partial charge in [0.15, 0.2) is 0 Å². The summed E-state index contributed by atoms with van der Waals surface area (Å²) in [5.41, 5.74) is 0. The van der Waals surface area contributed by atoms with E-state index >= 15 is 0 Å². The van der Waals surface area contributed by atoms with Crippen LogP contribution in [0, 0.1) is 0 Å². The minimum Gasteiger partial charge on any atom is -0.438 e. The van der Waals surface area contributed by atoms with Crippen molar-refractivity contribution >= 4 is 21.7 Å². The number of nitrogens with zero attached hydrogens (tertiary/aromatic N) is 2. The molecule has 0 bridgehead atoms. The van der Waals surface area contributed by atoms with E-state index < -0.39 is 0 Å². The number of hydrogen-bond acceptors (Lipinski definition) is 4. The predicted octanol–water partition coefficient (Wildman–Crippen LogP) is 4.20. The number of aromatic nitrogens is 2. The fraction of sp³-hybridized carbons (Fsp3) is 0.286. The van der Waals surface area contributed by atoms with Gasteiger partial charge in [-0.05, 0) is 28.1 Å². The second kappa shape index (κ2) is 6.02. The largest absolute Gasteiger partial charge is 0.438 e. The molecule has 19 heavy (non-hydrogen) atoms. The number of rotatable bonds is 4. The van der Waals surface area contributed by atoms with Gasteiger partial charge < -0.3 is 10.1 Å². The summed E-state index contributed by atoms with van der Waals surface area (Å²) in [4.78, 5) is 8.82. The molecule has 100 valence electrons. The molecule has 1 N–H and O–H groups in total. The van der Waals surface area contributed by atoms with Gasteiger partial charge in [0.1, 0.15) is 17.4 Å². The Balaban J connectivity index is 2.34. The molecule has 0 radical (unpaired) electrons. The van der Waals surface area contributed by atoms with E-state index in [-0.39, 0.29) is 5.92 Å². The molecule has 0 atom stereocenters. The van der Waals surface area contributed by atoms with Crippen LogP contribution < -0.4 is 10.1 Å². The van der Waals surface area contributed by atoms with Gasteiger partial charge in [0.2, 0.25) is 5.88 Å². The number of ether oxygens (including phenoxy) is 1. The van der Waals surface area contributed by atoms with E-state index in [1.807, 2.05) is 31.3 Å². The van der Waals surface area contributed by atoms with E-state index in [0.29, 0.717) is 5.88 Å². The van der Waals surface area contributed by atoms with Crippen LogP contribution in [-0.2, 0) is 0 Å². The molecule has 2 rings (SSSR count). The van der Waals surface area contributed by atoms with Crippen LogP contribution in [0.3, 0.4) is 0 Å². The average molecular weight is 322 g/mol. The highest BCUT2D eigenvalue weighted by molar-refractivity contribution is 9.10. The lowest BCUT2D eigenvalue weighted by molar-refractivity contribution is 0.454. The number of anilines is 1. The summed E-state index contributed by atoms with van der Waals surface area (Å²) < 4.78 is 6.70. The molecule has 0 unspecified atom stereocenters. The first-order chi connectivity index (χ1) is 9.10. The van der Waals surface area contributed by atoms with Crippen molar-refractivity contribution in [3.8, 4) is 11.6 Å². The smallest absolute Gasteiger partial charge is 0.224 e.